The summed E-state index contributed by atoms with van der Waals surface area (Å²) in [4.78, 5) is 11.7. The Hall–Kier alpha value is -1.91. The molecule has 0 amide bonds. The predicted octanol–water partition coefficient (Wildman–Crippen LogP) is 2.07. The van der Waals surface area contributed by atoms with Gasteiger partial charge in [-0.2, -0.15) is 0 Å². The maximum Gasteiger partial charge on any atom is 0.236 e. The topological polar surface area (TPSA) is 60.9 Å². The number of carbonyl (C=O) groups excluding carboxylic acids is 1. The summed E-state index contributed by atoms with van der Waals surface area (Å²) in [6, 6.07) is 1.81. The van der Waals surface area contributed by atoms with Crippen molar-refractivity contribution in [1.29, 1.82) is 0 Å². The molecule has 17 heavy (non-hydrogen) atoms. The monoisotopic (exact) mass is 233 g/mol. The van der Waals surface area contributed by atoms with Crippen LogP contribution in [0.15, 0.2) is 22.9 Å². The molecule has 5 heteroatoms. The van der Waals surface area contributed by atoms with Crippen LogP contribution in [0, 0.1) is 12.8 Å². The fraction of sp³-hybridized carbons (Fsp3) is 0.417. The standard InChI is InChI=1S/C12H15N3O2/c1-8(2)12(16)10-4-5-15(6-10)7-11-14-13-9(3)17-11/h4-6,8H,7H2,1-3H3. The van der Waals surface area contributed by atoms with Crippen LogP contribution in [0.1, 0.15) is 36.0 Å². The smallest absolute Gasteiger partial charge is 0.236 e. The first-order chi connectivity index (χ1) is 8.06. The number of hydrogen-bond donors (Lipinski definition) is 0. The molecule has 5 nitrogen and oxygen atoms in total. The van der Waals surface area contributed by atoms with E-state index in [4.69, 9.17) is 4.42 Å². The molecule has 0 radical (unpaired) electrons. The largest absolute Gasteiger partial charge is 0.424 e. The van der Waals surface area contributed by atoms with Crippen LogP contribution in [-0.2, 0) is 6.54 Å². The Balaban J connectivity index is 2.11. The third kappa shape index (κ3) is 2.61. The average molecular weight is 233 g/mol. The first-order valence-electron chi connectivity index (χ1n) is 5.55. The number of aryl methyl sites for hydroxylation is 1. The van der Waals surface area contributed by atoms with Crippen molar-refractivity contribution in [3.05, 3.63) is 35.8 Å². The van der Waals surface area contributed by atoms with Crippen molar-refractivity contribution in [1.82, 2.24) is 14.8 Å². The van der Waals surface area contributed by atoms with Crippen LogP contribution in [0.2, 0.25) is 0 Å². The minimum Gasteiger partial charge on any atom is -0.424 e. The first-order valence-corrected chi connectivity index (χ1v) is 5.55. The maximum atomic E-state index is 11.7. The van der Waals surface area contributed by atoms with Crippen molar-refractivity contribution in [3.8, 4) is 0 Å². The highest BCUT2D eigenvalue weighted by molar-refractivity contribution is 5.97. The van der Waals surface area contributed by atoms with Crippen LogP contribution >= 0.6 is 0 Å². The van der Waals surface area contributed by atoms with Gasteiger partial charge in [0.15, 0.2) is 5.78 Å². The quantitative estimate of drug-likeness (QED) is 0.758. The molecule has 0 spiro atoms. The Labute approximate surface area is 99.5 Å². The second-order valence-corrected chi connectivity index (χ2v) is 4.31. The number of ketones is 1. The zero-order valence-corrected chi connectivity index (χ0v) is 10.2. The summed E-state index contributed by atoms with van der Waals surface area (Å²) in [7, 11) is 0. The van der Waals surface area contributed by atoms with Gasteiger partial charge in [0.05, 0.1) is 0 Å². The summed E-state index contributed by atoms with van der Waals surface area (Å²) in [5, 5.41) is 7.66. The van der Waals surface area contributed by atoms with Crippen molar-refractivity contribution in [2.75, 3.05) is 0 Å². The fourth-order valence-corrected chi connectivity index (χ4v) is 1.58. The van der Waals surface area contributed by atoms with E-state index in [1.54, 1.807) is 6.92 Å². The molecule has 2 heterocycles. The molecule has 0 saturated carbocycles. The van der Waals surface area contributed by atoms with Crippen molar-refractivity contribution >= 4 is 5.78 Å². The molecular weight excluding hydrogens is 218 g/mol. The summed E-state index contributed by atoms with van der Waals surface area (Å²) in [6.07, 6.45) is 3.65. The molecule has 0 fully saturated rings. The highest BCUT2D eigenvalue weighted by atomic mass is 16.4. The van der Waals surface area contributed by atoms with E-state index in [9.17, 15) is 4.79 Å². The Morgan fingerprint density at radius 2 is 2.24 bits per heavy atom. The Morgan fingerprint density at radius 3 is 2.82 bits per heavy atom. The Kier molecular flexibility index (Phi) is 3.08. The van der Waals surface area contributed by atoms with E-state index in [-0.39, 0.29) is 11.7 Å². The van der Waals surface area contributed by atoms with E-state index in [1.165, 1.54) is 0 Å². The number of nitrogens with zero attached hydrogens (tertiary/aromatic N) is 3. The van der Waals surface area contributed by atoms with Gasteiger partial charge in [-0.15, -0.1) is 10.2 Å². The molecule has 0 aliphatic carbocycles. The van der Waals surface area contributed by atoms with Gasteiger partial charge in [0.2, 0.25) is 11.8 Å². The lowest BCUT2D eigenvalue weighted by molar-refractivity contribution is 0.0939. The number of aromatic nitrogens is 3. The fourth-order valence-electron chi connectivity index (χ4n) is 1.58. The van der Waals surface area contributed by atoms with Crippen molar-refractivity contribution < 1.29 is 9.21 Å². The third-order valence-corrected chi connectivity index (χ3v) is 2.45. The molecule has 0 unspecified atom stereocenters. The first kappa shape index (κ1) is 11.6. The van der Waals surface area contributed by atoms with Gasteiger partial charge in [-0.25, -0.2) is 0 Å². The molecule has 0 aliphatic heterocycles. The van der Waals surface area contributed by atoms with Crippen molar-refractivity contribution in [2.45, 2.75) is 27.3 Å². The van der Waals surface area contributed by atoms with Crippen LogP contribution in [-0.4, -0.2) is 20.5 Å². The number of hydrogen-bond acceptors (Lipinski definition) is 4. The van der Waals surface area contributed by atoms with Gasteiger partial charge in [-0.1, -0.05) is 13.8 Å². The van der Waals surface area contributed by atoms with E-state index in [0.29, 0.717) is 18.3 Å². The van der Waals surface area contributed by atoms with Crippen LogP contribution in [0.25, 0.3) is 0 Å². The van der Waals surface area contributed by atoms with Crippen LogP contribution in [0.5, 0.6) is 0 Å². The van der Waals surface area contributed by atoms with Gasteiger partial charge in [-0.3, -0.25) is 4.79 Å². The van der Waals surface area contributed by atoms with Crippen LogP contribution in [0.4, 0.5) is 0 Å². The normalized spacial score (nSPS) is 11.1. The van der Waals surface area contributed by atoms with Gasteiger partial charge in [0.1, 0.15) is 6.54 Å². The van der Waals surface area contributed by atoms with Gasteiger partial charge >= 0.3 is 0 Å². The molecule has 0 aromatic carbocycles. The van der Waals surface area contributed by atoms with Crippen LogP contribution in [0.3, 0.4) is 0 Å². The second kappa shape index (κ2) is 4.53. The molecule has 0 aliphatic rings. The molecule has 2 aromatic rings. The lowest BCUT2D eigenvalue weighted by Gasteiger charge is -2.00. The van der Waals surface area contributed by atoms with Gasteiger partial charge in [0.25, 0.3) is 0 Å². The van der Waals surface area contributed by atoms with E-state index in [0.717, 1.165) is 5.56 Å². The minimum absolute atomic E-state index is 0.0106. The second-order valence-electron chi connectivity index (χ2n) is 4.31. The Morgan fingerprint density at radius 1 is 1.47 bits per heavy atom. The van der Waals surface area contributed by atoms with Gasteiger partial charge in [0, 0.05) is 30.8 Å². The molecule has 0 bridgehead atoms. The number of rotatable bonds is 4. The Bertz CT molecular complexity index is 525. The zero-order valence-electron chi connectivity index (χ0n) is 10.2. The highest BCUT2D eigenvalue weighted by Crippen LogP contribution is 2.10. The highest BCUT2D eigenvalue weighted by Gasteiger charge is 2.12. The molecule has 0 saturated heterocycles. The molecular formula is C12H15N3O2. The van der Waals surface area contributed by atoms with Crippen molar-refractivity contribution in [3.63, 3.8) is 0 Å². The van der Waals surface area contributed by atoms with E-state index in [2.05, 4.69) is 10.2 Å². The average Bonchev–Trinajstić information content (AvgIpc) is 2.87. The summed E-state index contributed by atoms with van der Waals surface area (Å²) in [5.74, 6) is 1.24. The lowest BCUT2D eigenvalue weighted by Crippen LogP contribution is -2.06. The molecule has 0 atom stereocenters. The molecule has 0 N–H and O–H groups in total. The molecule has 2 rings (SSSR count). The summed E-state index contributed by atoms with van der Waals surface area (Å²) >= 11 is 0. The zero-order chi connectivity index (χ0) is 12.4. The third-order valence-electron chi connectivity index (χ3n) is 2.45. The van der Waals surface area contributed by atoms with Crippen molar-refractivity contribution in [2.24, 2.45) is 5.92 Å². The number of carbonyl (C=O) groups is 1. The summed E-state index contributed by atoms with van der Waals surface area (Å²) in [6.45, 7) is 6.02. The van der Waals surface area contributed by atoms with Crippen LogP contribution < -0.4 is 0 Å². The van der Waals surface area contributed by atoms with E-state index in [1.807, 2.05) is 36.9 Å². The van der Waals surface area contributed by atoms with Gasteiger partial charge in [-0.05, 0) is 6.07 Å². The molecule has 90 valence electrons. The lowest BCUT2D eigenvalue weighted by atomic mass is 10.0. The van der Waals surface area contributed by atoms with E-state index >= 15 is 0 Å². The summed E-state index contributed by atoms with van der Waals surface area (Å²) < 4.78 is 7.14. The predicted molar refractivity (Wildman–Crippen MR) is 61.7 cm³/mol. The number of Topliss-reactive ketones (excluding diaryl/α,β-unsaturated/α-hetero) is 1. The van der Waals surface area contributed by atoms with E-state index < -0.39 is 0 Å². The summed E-state index contributed by atoms with van der Waals surface area (Å²) in [5.41, 5.74) is 0.719. The SMILES string of the molecule is Cc1nnc(Cn2ccc(C(=O)C(C)C)c2)o1. The molecule has 2 aromatic heterocycles. The minimum atomic E-state index is 0.0106. The maximum absolute atomic E-state index is 11.7. The van der Waals surface area contributed by atoms with Gasteiger partial charge < -0.3 is 8.98 Å².